The number of ether oxygens (including phenoxy) is 1. The minimum atomic E-state index is -0.412. The largest absolute Gasteiger partial charge is 0.462 e. The van der Waals surface area contributed by atoms with E-state index in [9.17, 15) is 10.1 Å². The molecule has 2 heterocycles. The van der Waals surface area contributed by atoms with Crippen molar-refractivity contribution in [2.24, 2.45) is 0 Å². The molecule has 5 nitrogen and oxygen atoms in total. The van der Waals surface area contributed by atoms with Gasteiger partial charge in [0.05, 0.1) is 23.1 Å². The monoisotopic (exact) mass is 285 g/mol. The van der Waals surface area contributed by atoms with Gasteiger partial charge in [0.2, 0.25) is 0 Å². The minimum Gasteiger partial charge on any atom is -0.462 e. The first-order valence-electron chi connectivity index (χ1n) is 6.89. The first-order chi connectivity index (χ1) is 9.81. The molecule has 0 aliphatic rings. The van der Waals surface area contributed by atoms with Crippen molar-refractivity contribution in [2.45, 2.75) is 40.2 Å². The van der Waals surface area contributed by atoms with Crippen LogP contribution in [0.25, 0.3) is 11.0 Å². The highest BCUT2D eigenvalue weighted by atomic mass is 16.5. The minimum absolute atomic E-state index is 0.235. The van der Waals surface area contributed by atoms with Gasteiger partial charge < -0.3 is 9.30 Å². The Morgan fingerprint density at radius 1 is 1.48 bits per heavy atom. The van der Waals surface area contributed by atoms with Crippen LogP contribution in [0.1, 0.15) is 49.2 Å². The molecule has 2 aromatic heterocycles. The Hall–Kier alpha value is -2.35. The summed E-state index contributed by atoms with van der Waals surface area (Å²) in [7, 11) is 0. The molecule has 0 saturated heterocycles. The van der Waals surface area contributed by atoms with E-state index in [1.54, 1.807) is 26.2 Å². The average molecular weight is 285 g/mol. The molecule has 0 bridgehead atoms. The van der Waals surface area contributed by atoms with Crippen molar-refractivity contribution in [1.82, 2.24) is 9.55 Å². The molecule has 0 N–H and O–H groups in total. The number of fused-ring (bicyclic) bond motifs is 1. The van der Waals surface area contributed by atoms with E-state index in [1.807, 2.05) is 25.3 Å². The summed E-state index contributed by atoms with van der Waals surface area (Å²) in [6, 6.07) is 2.16. The van der Waals surface area contributed by atoms with E-state index in [1.165, 1.54) is 0 Å². The van der Waals surface area contributed by atoms with Gasteiger partial charge in [0.15, 0.2) is 0 Å². The number of hydrogen-bond acceptors (Lipinski definition) is 4. The van der Waals surface area contributed by atoms with E-state index in [2.05, 4.69) is 11.1 Å². The van der Waals surface area contributed by atoms with Crippen molar-refractivity contribution in [3.63, 3.8) is 0 Å². The highest BCUT2D eigenvalue weighted by Gasteiger charge is 2.25. The molecule has 0 atom stereocenters. The number of hydrogen-bond donors (Lipinski definition) is 0. The van der Waals surface area contributed by atoms with Gasteiger partial charge in [-0.1, -0.05) is 0 Å². The van der Waals surface area contributed by atoms with Crippen LogP contribution in [0, 0.1) is 18.3 Å². The summed E-state index contributed by atoms with van der Waals surface area (Å²) in [6.45, 7) is 9.94. The van der Waals surface area contributed by atoms with Gasteiger partial charge >= 0.3 is 5.97 Å². The van der Waals surface area contributed by atoms with Crippen molar-refractivity contribution in [1.29, 1.82) is 5.26 Å². The van der Waals surface area contributed by atoms with E-state index in [0.717, 1.165) is 0 Å². The van der Waals surface area contributed by atoms with Gasteiger partial charge in [0, 0.05) is 17.9 Å². The van der Waals surface area contributed by atoms with E-state index in [0.29, 0.717) is 34.3 Å². The molecule has 0 amide bonds. The summed E-state index contributed by atoms with van der Waals surface area (Å²) in [5, 5.41) is 9.97. The highest BCUT2D eigenvalue weighted by molar-refractivity contribution is 6.06. The molecule has 110 valence electrons. The topological polar surface area (TPSA) is 67.9 Å². The standard InChI is InChI=1S/C16H19N3O2/c1-6-21-15(20)12-10(2)8-18-14-13(12)11(7-17)9-19(14)16(3,4)5/h8-9H,6H2,1-5H3. The van der Waals surface area contributed by atoms with Crippen LogP contribution in [0.15, 0.2) is 12.4 Å². The lowest BCUT2D eigenvalue weighted by Gasteiger charge is -2.22. The Kier molecular flexibility index (Phi) is 3.73. The summed E-state index contributed by atoms with van der Waals surface area (Å²) < 4.78 is 7.05. The van der Waals surface area contributed by atoms with E-state index >= 15 is 0 Å². The van der Waals surface area contributed by atoms with E-state index in [-0.39, 0.29) is 5.54 Å². The molecule has 5 heteroatoms. The Morgan fingerprint density at radius 2 is 2.14 bits per heavy atom. The number of rotatable bonds is 2. The molecule has 0 aliphatic carbocycles. The summed E-state index contributed by atoms with van der Waals surface area (Å²) in [5.74, 6) is -0.412. The van der Waals surface area contributed by atoms with Gasteiger partial charge in [-0.3, -0.25) is 0 Å². The van der Waals surface area contributed by atoms with Crippen LogP contribution < -0.4 is 0 Å². The number of nitrogens with zero attached hydrogens (tertiary/aromatic N) is 3. The van der Waals surface area contributed by atoms with Gasteiger partial charge in [0.1, 0.15) is 11.7 Å². The third kappa shape index (κ3) is 2.49. The van der Waals surface area contributed by atoms with Crippen LogP contribution in [0.4, 0.5) is 0 Å². The van der Waals surface area contributed by atoms with Gasteiger partial charge in [-0.05, 0) is 40.2 Å². The number of pyridine rings is 1. The number of esters is 1. The number of nitriles is 1. The predicted octanol–water partition coefficient (Wildman–Crippen LogP) is 3.15. The second kappa shape index (κ2) is 5.21. The number of carbonyl (C=O) groups excluding carboxylic acids is 1. The van der Waals surface area contributed by atoms with E-state index in [4.69, 9.17) is 4.74 Å². The number of aryl methyl sites for hydroxylation is 1. The van der Waals surface area contributed by atoms with Crippen LogP contribution in [0.3, 0.4) is 0 Å². The molecule has 0 aromatic carbocycles. The molecule has 0 fully saturated rings. The fourth-order valence-electron chi connectivity index (χ4n) is 2.35. The summed E-state index contributed by atoms with van der Waals surface area (Å²) in [4.78, 5) is 16.7. The van der Waals surface area contributed by atoms with Crippen LogP contribution in [-0.4, -0.2) is 22.1 Å². The lowest BCUT2D eigenvalue weighted by atomic mass is 10.1. The maximum absolute atomic E-state index is 12.2. The van der Waals surface area contributed by atoms with Crippen molar-refractivity contribution >= 4 is 17.0 Å². The zero-order valence-corrected chi connectivity index (χ0v) is 13.0. The van der Waals surface area contributed by atoms with Crippen molar-refractivity contribution in [2.75, 3.05) is 6.61 Å². The normalized spacial score (nSPS) is 11.4. The molecular formula is C16H19N3O2. The zero-order chi connectivity index (χ0) is 15.8. The second-order valence-corrected chi connectivity index (χ2v) is 5.93. The van der Waals surface area contributed by atoms with Crippen molar-refractivity contribution in [3.05, 3.63) is 29.1 Å². The third-order valence-corrected chi connectivity index (χ3v) is 3.33. The van der Waals surface area contributed by atoms with E-state index < -0.39 is 5.97 Å². The smallest absolute Gasteiger partial charge is 0.339 e. The van der Waals surface area contributed by atoms with Crippen molar-refractivity contribution in [3.8, 4) is 6.07 Å². The molecule has 0 unspecified atom stereocenters. The van der Waals surface area contributed by atoms with Crippen LogP contribution in [0.5, 0.6) is 0 Å². The molecule has 21 heavy (non-hydrogen) atoms. The lowest BCUT2D eigenvalue weighted by Crippen LogP contribution is -2.21. The Labute approximate surface area is 124 Å². The summed E-state index contributed by atoms with van der Waals surface area (Å²) >= 11 is 0. The van der Waals surface area contributed by atoms with Crippen LogP contribution in [0.2, 0.25) is 0 Å². The lowest BCUT2D eigenvalue weighted by molar-refractivity contribution is 0.0527. The second-order valence-electron chi connectivity index (χ2n) is 5.93. The molecule has 0 spiro atoms. The Balaban J connectivity index is 2.87. The summed E-state index contributed by atoms with van der Waals surface area (Å²) in [6.07, 6.45) is 3.40. The zero-order valence-electron chi connectivity index (χ0n) is 13.0. The maximum atomic E-state index is 12.2. The predicted molar refractivity (Wildman–Crippen MR) is 80.1 cm³/mol. The van der Waals surface area contributed by atoms with Gasteiger partial charge in [-0.25, -0.2) is 9.78 Å². The molecule has 0 aliphatic heterocycles. The van der Waals surface area contributed by atoms with Gasteiger partial charge in [-0.2, -0.15) is 5.26 Å². The molecule has 2 aromatic rings. The first kappa shape index (κ1) is 15.0. The highest BCUT2D eigenvalue weighted by Crippen LogP contribution is 2.30. The Bertz CT molecular complexity index is 745. The summed E-state index contributed by atoms with van der Waals surface area (Å²) in [5.41, 5.74) is 1.99. The van der Waals surface area contributed by atoms with Crippen LogP contribution >= 0.6 is 0 Å². The van der Waals surface area contributed by atoms with Gasteiger partial charge in [-0.15, -0.1) is 0 Å². The molecular weight excluding hydrogens is 266 g/mol. The molecule has 2 rings (SSSR count). The first-order valence-corrected chi connectivity index (χ1v) is 6.89. The van der Waals surface area contributed by atoms with Crippen LogP contribution in [-0.2, 0) is 10.3 Å². The quantitative estimate of drug-likeness (QED) is 0.795. The fraction of sp³-hybridized carbons (Fsp3) is 0.438. The van der Waals surface area contributed by atoms with Crippen molar-refractivity contribution < 1.29 is 9.53 Å². The third-order valence-electron chi connectivity index (χ3n) is 3.33. The number of carbonyl (C=O) groups is 1. The molecule has 0 saturated carbocycles. The Morgan fingerprint density at radius 3 is 2.67 bits per heavy atom. The fourth-order valence-corrected chi connectivity index (χ4v) is 2.35. The van der Waals surface area contributed by atoms with Gasteiger partial charge in [0.25, 0.3) is 0 Å². The average Bonchev–Trinajstić information content (AvgIpc) is 2.77. The number of aromatic nitrogens is 2. The maximum Gasteiger partial charge on any atom is 0.339 e. The SMILES string of the molecule is CCOC(=O)c1c(C)cnc2c1c(C#N)cn2C(C)(C)C. The molecule has 0 radical (unpaired) electrons.